The van der Waals surface area contributed by atoms with Crippen LogP contribution < -0.4 is 10.6 Å². The number of anilines is 2. The van der Waals surface area contributed by atoms with Crippen LogP contribution in [0.15, 0.2) is 12.4 Å². The van der Waals surface area contributed by atoms with Gasteiger partial charge >= 0.3 is 0 Å². The predicted molar refractivity (Wildman–Crippen MR) is 70.2 cm³/mol. The summed E-state index contributed by atoms with van der Waals surface area (Å²) < 4.78 is 0. The molecule has 17 heavy (non-hydrogen) atoms. The smallest absolute Gasteiger partial charge is 0.146 e. The molecule has 1 aromatic heterocycles. The Kier molecular flexibility index (Phi) is 7.06. The lowest BCUT2D eigenvalue weighted by Crippen LogP contribution is -2.07. The summed E-state index contributed by atoms with van der Waals surface area (Å²) in [6.45, 7) is 4.17. The van der Waals surface area contributed by atoms with Gasteiger partial charge in [0.25, 0.3) is 0 Å². The highest BCUT2D eigenvalue weighted by Gasteiger charge is 1.97. The van der Waals surface area contributed by atoms with Gasteiger partial charge in [0.1, 0.15) is 11.6 Å². The minimum Gasteiger partial charge on any atom is -0.396 e. The van der Waals surface area contributed by atoms with E-state index in [1.165, 1.54) is 0 Å². The molecule has 5 heteroatoms. The Hall–Kier alpha value is -1.36. The second kappa shape index (κ2) is 8.75. The minimum absolute atomic E-state index is 0.274. The summed E-state index contributed by atoms with van der Waals surface area (Å²) in [6.07, 6.45) is 7.46. The Labute approximate surface area is 103 Å². The van der Waals surface area contributed by atoms with Crippen LogP contribution in [-0.2, 0) is 0 Å². The van der Waals surface area contributed by atoms with E-state index in [9.17, 15) is 0 Å². The van der Waals surface area contributed by atoms with Crippen molar-refractivity contribution in [3.8, 4) is 0 Å². The summed E-state index contributed by atoms with van der Waals surface area (Å²) in [5.74, 6) is 1.61. The molecule has 3 N–H and O–H groups in total. The molecule has 0 amide bonds. The number of unbranched alkanes of at least 4 members (excludes halogenated alkanes) is 2. The molecule has 0 aliphatic heterocycles. The van der Waals surface area contributed by atoms with Crippen LogP contribution in [0.25, 0.3) is 0 Å². The highest BCUT2D eigenvalue weighted by Crippen LogP contribution is 2.07. The summed E-state index contributed by atoms with van der Waals surface area (Å²) >= 11 is 0. The number of rotatable bonds is 9. The molecule has 0 aliphatic rings. The van der Waals surface area contributed by atoms with Gasteiger partial charge in [-0.25, -0.2) is 4.98 Å². The van der Waals surface area contributed by atoms with Gasteiger partial charge in [-0.3, -0.25) is 4.98 Å². The number of aliphatic hydroxyl groups is 1. The molecular weight excluding hydrogens is 216 g/mol. The molecule has 5 nitrogen and oxygen atoms in total. The number of nitrogens with zero attached hydrogens (tertiary/aromatic N) is 2. The topological polar surface area (TPSA) is 70.1 Å². The van der Waals surface area contributed by atoms with Crippen molar-refractivity contribution >= 4 is 11.6 Å². The number of hydrogen-bond acceptors (Lipinski definition) is 5. The SMILES string of the molecule is CCCNc1cncc(NCCCCCO)n1. The van der Waals surface area contributed by atoms with Gasteiger partial charge in [0.05, 0.1) is 12.4 Å². The summed E-state index contributed by atoms with van der Waals surface area (Å²) in [5, 5.41) is 15.1. The average molecular weight is 238 g/mol. The monoisotopic (exact) mass is 238 g/mol. The van der Waals surface area contributed by atoms with E-state index in [0.29, 0.717) is 0 Å². The minimum atomic E-state index is 0.274. The summed E-state index contributed by atoms with van der Waals surface area (Å²) in [7, 11) is 0. The number of aromatic nitrogens is 2. The summed E-state index contributed by atoms with van der Waals surface area (Å²) in [5.41, 5.74) is 0. The van der Waals surface area contributed by atoms with Crippen LogP contribution in [0, 0.1) is 0 Å². The van der Waals surface area contributed by atoms with Gasteiger partial charge in [0, 0.05) is 19.7 Å². The maximum Gasteiger partial charge on any atom is 0.146 e. The number of nitrogens with one attached hydrogen (secondary N) is 2. The molecule has 0 aliphatic carbocycles. The third kappa shape index (κ3) is 6.06. The van der Waals surface area contributed by atoms with E-state index in [2.05, 4.69) is 27.5 Å². The quantitative estimate of drug-likeness (QED) is 0.573. The first-order valence-corrected chi connectivity index (χ1v) is 6.27. The molecule has 96 valence electrons. The van der Waals surface area contributed by atoms with E-state index < -0.39 is 0 Å². The van der Waals surface area contributed by atoms with Crippen molar-refractivity contribution in [3.63, 3.8) is 0 Å². The third-order valence-corrected chi connectivity index (χ3v) is 2.33. The van der Waals surface area contributed by atoms with Crippen molar-refractivity contribution in [1.82, 2.24) is 9.97 Å². The number of aliphatic hydroxyl groups excluding tert-OH is 1. The Balaban J connectivity index is 2.27. The summed E-state index contributed by atoms with van der Waals surface area (Å²) in [6, 6.07) is 0. The average Bonchev–Trinajstić information content (AvgIpc) is 2.37. The second-order valence-corrected chi connectivity index (χ2v) is 3.93. The lowest BCUT2D eigenvalue weighted by molar-refractivity contribution is 0.283. The van der Waals surface area contributed by atoms with Crippen molar-refractivity contribution in [3.05, 3.63) is 12.4 Å². The van der Waals surface area contributed by atoms with Gasteiger partial charge in [0.15, 0.2) is 0 Å². The Morgan fingerprint density at radius 1 is 1.06 bits per heavy atom. The zero-order valence-electron chi connectivity index (χ0n) is 10.4. The van der Waals surface area contributed by atoms with Gasteiger partial charge in [-0.15, -0.1) is 0 Å². The van der Waals surface area contributed by atoms with Crippen molar-refractivity contribution in [2.45, 2.75) is 32.6 Å². The van der Waals surface area contributed by atoms with Crippen molar-refractivity contribution < 1.29 is 5.11 Å². The van der Waals surface area contributed by atoms with E-state index in [4.69, 9.17) is 5.11 Å². The first-order chi connectivity index (χ1) is 8.36. The lowest BCUT2D eigenvalue weighted by Gasteiger charge is -2.07. The molecule has 0 unspecified atom stereocenters. The highest BCUT2D eigenvalue weighted by atomic mass is 16.2. The molecule has 1 rings (SSSR count). The molecule has 0 aromatic carbocycles. The molecule has 0 radical (unpaired) electrons. The molecular formula is C12H22N4O. The van der Waals surface area contributed by atoms with E-state index in [0.717, 1.165) is 50.4 Å². The van der Waals surface area contributed by atoms with Gasteiger partial charge in [-0.05, 0) is 25.7 Å². The van der Waals surface area contributed by atoms with Crippen LogP contribution in [0.5, 0.6) is 0 Å². The second-order valence-electron chi connectivity index (χ2n) is 3.93. The van der Waals surface area contributed by atoms with Crippen LogP contribution >= 0.6 is 0 Å². The first kappa shape index (κ1) is 13.7. The zero-order chi connectivity index (χ0) is 12.3. The van der Waals surface area contributed by atoms with Gasteiger partial charge in [-0.1, -0.05) is 6.92 Å². The third-order valence-electron chi connectivity index (χ3n) is 2.33. The number of hydrogen-bond donors (Lipinski definition) is 3. The van der Waals surface area contributed by atoms with Crippen LogP contribution in [0.3, 0.4) is 0 Å². The molecule has 1 heterocycles. The predicted octanol–water partition coefficient (Wildman–Crippen LogP) is 1.87. The Bertz CT molecular complexity index is 306. The van der Waals surface area contributed by atoms with Gasteiger partial charge in [-0.2, -0.15) is 0 Å². The molecule has 0 atom stereocenters. The molecule has 1 aromatic rings. The van der Waals surface area contributed by atoms with E-state index in [-0.39, 0.29) is 6.61 Å². The van der Waals surface area contributed by atoms with Crippen molar-refractivity contribution in [2.75, 3.05) is 30.3 Å². The van der Waals surface area contributed by atoms with E-state index >= 15 is 0 Å². The van der Waals surface area contributed by atoms with Crippen LogP contribution in [0.2, 0.25) is 0 Å². The molecule has 0 saturated carbocycles. The zero-order valence-corrected chi connectivity index (χ0v) is 10.4. The fourth-order valence-electron chi connectivity index (χ4n) is 1.42. The van der Waals surface area contributed by atoms with E-state index in [1.54, 1.807) is 12.4 Å². The molecule has 0 saturated heterocycles. The first-order valence-electron chi connectivity index (χ1n) is 6.27. The fourth-order valence-corrected chi connectivity index (χ4v) is 1.42. The van der Waals surface area contributed by atoms with Crippen LogP contribution in [0.1, 0.15) is 32.6 Å². The van der Waals surface area contributed by atoms with Crippen LogP contribution in [-0.4, -0.2) is 34.8 Å². The lowest BCUT2D eigenvalue weighted by atomic mass is 10.2. The highest BCUT2D eigenvalue weighted by molar-refractivity contribution is 5.41. The van der Waals surface area contributed by atoms with E-state index in [1.807, 2.05) is 0 Å². The standard InChI is InChI=1S/C12H22N4O/c1-2-6-14-11-9-13-10-12(16-11)15-7-4-3-5-8-17/h9-10,17H,2-8H2,1H3,(H2,14,15,16). The maximum atomic E-state index is 8.65. The Morgan fingerprint density at radius 2 is 1.76 bits per heavy atom. The van der Waals surface area contributed by atoms with Crippen LogP contribution in [0.4, 0.5) is 11.6 Å². The Morgan fingerprint density at radius 3 is 2.41 bits per heavy atom. The normalized spacial score (nSPS) is 10.2. The molecule has 0 fully saturated rings. The van der Waals surface area contributed by atoms with Crippen molar-refractivity contribution in [2.24, 2.45) is 0 Å². The summed E-state index contributed by atoms with van der Waals surface area (Å²) in [4.78, 5) is 8.52. The fraction of sp³-hybridized carbons (Fsp3) is 0.667. The van der Waals surface area contributed by atoms with Gasteiger partial charge < -0.3 is 15.7 Å². The largest absolute Gasteiger partial charge is 0.396 e. The maximum absolute atomic E-state index is 8.65. The van der Waals surface area contributed by atoms with Gasteiger partial charge in [0.2, 0.25) is 0 Å². The van der Waals surface area contributed by atoms with Crippen molar-refractivity contribution in [1.29, 1.82) is 0 Å². The molecule has 0 bridgehead atoms. The molecule has 0 spiro atoms.